The number of hydrogen-bond acceptors (Lipinski definition) is 1. The van der Waals surface area contributed by atoms with Crippen molar-refractivity contribution in [2.24, 2.45) is 5.92 Å². The van der Waals surface area contributed by atoms with Crippen molar-refractivity contribution in [1.82, 2.24) is 0 Å². The van der Waals surface area contributed by atoms with Crippen molar-refractivity contribution in [3.63, 3.8) is 0 Å². The third kappa shape index (κ3) is 1.29. The van der Waals surface area contributed by atoms with Gasteiger partial charge in [0.15, 0.2) is 0 Å². The van der Waals surface area contributed by atoms with Gasteiger partial charge in [0.1, 0.15) is 0 Å². The Bertz CT molecular complexity index is 181. The molecule has 0 spiro atoms. The molecule has 0 unspecified atom stereocenters. The number of rotatable bonds is 0. The minimum atomic E-state index is 0.737. The van der Waals surface area contributed by atoms with E-state index in [0.717, 1.165) is 18.1 Å². The maximum Gasteiger partial charge on any atom is 0.0917 e. The molecular formula is C10H16O. The Kier molecular flexibility index (Phi) is 1.89. The second-order valence-electron chi connectivity index (χ2n) is 3.81. The highest BCUT2D eigenvalue weighted by molar-refractivity contribution is 5.16. The van der Waals surface area contributed by atoms with Crippen LogP contribution in [0.5, 0.6) is 0 Å². The first kappa shape index (κ1) is 7.20. The Labute approximate surface area is 68.1 Å². The van der Waals surface area contributed by atoms with Crippen LogP contribution in [0.25, 0.3) is 0 Å². The Morgan fingerprint density at radius 3 is 2.64 bits per heavy atom. The highest BCUT2D eigenvalue weighted by Crippen LogP contribution is 2.38. The van der Waals surface area contributed by atoms with Crippen molar-refractivity contribution in [3.05, 3.63) is 11.3 Å². The maximum atomic E-state index is 9.58. The molecule has 2 aliphatic rings. The number of allylic oxidation sites excluding steroid dienone is 2. The number of hydrogen-bond donors (Lipinski definition) is 1. The summed E-state index contributed by atoms with van der Waals surface area (Å²) in [5.74, 6) is 1.50. The zero-order chi connectivity index (χ0) is 7.68. The van der Waals surface area contributed by atoms with E-state index in [2.05, 4.69) is 0 Å². The number of aliphatic hydroxyl groups excluding tert-OH is 1. The average Bonchev–Trinajstić information content (AvgIpc) is 2.06. The van der Waals surface area contributed by atoms with E-state index in [1.165, 1.54) is 44.1 Å². The Morgan fingerprint density at radius 2 is 1.82 bits per heavy atom. The molecule has 62 valence electrons. The first-order valence-electron chi connectivity index (χ1n) is 4.79. The molecule has 0 amide bonds. The smallest absolute Gasteiger partial charge is 0.0917 e. The quantitative estimate of drug-likeness (QED) is 0.565. The van der Waals surface area contributed by atoms with Crippen molar-refractivity contribution in [2.75, 3.05) is 0 Å². The lowest BCUT2D eigenvalue weighted by atomic mass is 9.77. The molecule has 11 heavy (non-hydrogen) atoms. The Balaban J connectivity index is 2.19. The zero-order valence-corrected chi connectivity index (χ0v) is 6.97. The minimum Gasteiger partial charge on any atom is -0.512 e. The summed E-state index contributed by atoms with van der Waals surface area (Å²) in [6, 6.07) is 0. The summed E-state index contributed by atoms with van der Waals surface area (Å²) in [5, 5.41) is 9.58. The second kappa shape index (κ2) is 2.88. The topological polar surface area (TPSA) is 20.2 Å². The maximum absolute atomic E-state index is 9.58. The van der Waals surface area contributed by atoms with Crippen LogP contribution in [0.4, 0.5) is 0 Å². The van der Waals surface area contributed by atoms with Gasteiger partial charge in [-0.05, 0) is 43.6 Å². The van der Waals surface area contributed by atoms with Crippen LogP contribution in [0.2, 0.25) is 0 Å². The van der Waals surface area contributed by atoms with Crippen LogP contribution in [0.3, 0.4) is 0 Å². The first-order chi connectivity index (χ1) is 5.38. The highest BCUT2D eigenvalue weighted by atomic mass is 16.3. The fourth-order valence-electron chi connectivity index (χ4n) is 2.46. The van der Waals surface area contributed by atoms with Crippen LogP contribution in [0.15, 0.2) is 11.3 Å². The van der Waals surface area contributed by atoms with Crippen LogP contribution >= 0.6 is 0 Å². The average molecular weight is 152 g/mol. The molecule has 0 saturated heterocycles. The van der Waals surface area contributed by atoms with Gasteiger partial charge in [0.2, 0.25) is 0 Å². The summed E-state index contributed by atoms with van der Waals surface area (Å²) >= 11 is 0. The molecule has 1 fully saturated rings. The van der Waals surface area contributed by atoms with Crippen LogP contribution in [0, 0.1) is 5.92 Å². The van der Waals surface area contributed by atoms with Gasteiger partial charge < -0.3 is 5.11 Å². The second-order valence-corrected chi connectivity index (χ2v) is 3.81. The van der Waals surface area contributed by atoms with Crippen LogP contribution in [-0.2, 0) is 0 Å². The van der Waals surface area contributed by atoms with Crippen molar-refractivity contribution >= 4 is 0 Å². The third-order valence-electron chi connectivity index (χ3n) is 3.08. The summed E-state index contributed by atoms with van der Waals surface area (Å²) in [5.41, 5.74) is 1.41. The Morgan fingerprint density at radius 1 is 1.00 bits per heavy atom. The standard InChI is InChI=1S/C10H16O/c11-10-7-3-5-8-4-1-2-6-9(8)10/h8,11H,1-7H2/t8-/m1/s1. The highest BCUT2D eigenvalue weighted by Gasteiger charge is 2.24. The summed E-state index contributed by atoms with van der Waals surface area (Å²) in [6.07, 6.45) is 8.68. The lowest BCUT2D eigenvalue weighted by Gasteiger charge is -2.29. The summed E-state index contributed by atoms with van der Waals surface area (Å²) in [7, 11) is 0. The van der Waals surface area contributed by atoms with Crippen LogP contribution in [-0.4, -0.2) is 5.11 Å². The van der Waals surface area contributed by atoms with Gasteiger partial charge in [0, 0.05) is 6.42 Å². The molecule has 1 saturated carbocycles. The molecule has 1 nitrogen and oxygen atoms in total. The molecule has 2 rings (SSSR count). The lowest BCUT2D eigenvalue weighted by molar-refractivity contribution is 0.301. The van der Waals surface area contributed by atoms with E-state index in [1.807, 2.05) is 0 Å². The molecule has 0 aromatic rings. The molecule has 0 aromatic heterocycles. The third-order valence-corrected chi connectivity index (χ3v) is 3.08. The fraction of sp³-hybridized carbons (Fsp3) is 0.800. The van der Waals surface area contributed by atoms with Gasteiger partial charge in [-0.15, -0.1) is 0 Å². The van der Waals surface area contributed by atoms with Gasteiger partial charge >= 0.3 is 0 Å². The first-order valence-corrected chi connectivity index (χ1v) is 4.79. The van der Waals surface area contributed by atoms with Crippen LogP contribution < -0.4 is 0 Å². The minimum absolute atomic E-state index is 0.737. The number of aliphatic hydroxyl groups is 1. The lowest BCUT2D eigenvalue weighted by Crippen LogP contribution is -2.16. The molecule has 2 aliphatic carbocycles. The molecule has 0 aliphatic heterocycles. The summed E-state index contributed by atoms with van der Waals surface area (Å²) in [4.78, 5) is 0. The molecule has 0 heterocycles. The summed E-state index contributed by atoms with van der Waals surface area (Å²) in [6.45, 7) is 0. The van der Waals surface area contributed by atoms with Gasteiger partial charge in [-0.1, -0.05) is 6.42 Å². The van der Waals surface area contributed by atoms with Gasteiger partial charge in [-0.2, -0.15) is 0 Å². The Hall–Kier alpha value is -0.460. The molecule has 1 atom stereocenters. The molecular weight excluding hydrogens is 136 g/mol. The molecule has 0 radical (unpaired) electrons. The molecule has 1 N–H and O–H groups in total. The predicted molar refractivity (Wildman–Crippen MR) is 45.5 cm³/mol. The van der Waals surface area contributed by atoms with Crippen molar-refractivity contribution < 1.29 is 5.11 Å². The van der Waals surface area contributed by atoms with Crippen molar-refractivity contribution in [3.8, 4) is 0 Å². The summed E-state index contributed by atoms with van der Waals surface area (Å²) < 4.78 is 0. The largest absolute Gasteiger partial charge is 0.512 e. The van der Waals surface area contributed by atoms with E-state index in [0.29, 0.717) is 0 Å². The predicted octanol–water partition coefficient (Wildman–Crippen LogP) is 3.17. The van der Waals surface area contributed by atoms with Gasteiger partial charge in [-0.25, -0.2) is 0 Å². The van der Waals surface area contributed by atoms with Crippen molar-refractivity contribution in [1.29, 1.82) is 0 Å². The molecule has 1 heteroatoms. The molecule has 0 aromatic carbocycles. The van der Waals surface area contributed by atoms with E-state index < -0.39 is 0 Å². The molecule has 0 bridgehead atoms. The fourth-order valence-corrected chi connectivity index (χ4v) is 2.46. The normalized spacial score (nSPS) is 31.8. The van der Waals surface area contributed by atoms with Crippen LogP contribution in [0.1, 0.15) is 44.9 Å². The van der Waals surface area contributed by atoms with E-state index in [-0.39, 0.29) is 0 Å². The van der Waals surface area contributed by atoms with Gasteiger partial charge in [-0.3, -0.25) is 0 Å². The zero-order valence-electron chi connectivity index (χ0n) is 6.97. The van der Waals surface area contributed by atoms with E-state index in [1.54, 1.807) is 0 Å². The van der Waals surface area contributed by atoms with E-state index in [4.69, 9.17) is 0 Å². The number of fused-ring (bicyclic) bond motifs is 1. The monoisotopic (exact) mass is 152 g/mol. The van der Waals surface area contributed by atoms with Gasteiger partial charge in [0.05, 0.1) is 5.76 Å². The SMILES string of the molecule is OC1=C2CCCC[C@@H]2CCC1. The van der Waals surface area contributed by atoms with E-state index >= 15 is 0 Å². The van der Waals surface area contributed by atoms with E-state index in [9.17, 15) is 5.11 Å². The van der Waals surface area contributed by atoms with Crippen molar-refractivity contribution in [2.45, 2.75) is 44.9 Å². The van der Waals surface area contributed by atoms with Gasteiger partial charge in [0.25, 0.3) is 0 Å².